The van der Waals surface area contributed by atoms with Crippen LogP contribution in [0.4, 0.5) is 11.4 Å². The van der Waals surface area contributed by atoms with Crippen molar-refractivity contribution in [2.24, 2.45) is 5.84 Å². The molecule has 0 aromatic heterocycles. The van der Waals surface area contributed by atoms with E-state index in [-0.39, 0.29) is 24.0 Å². The molecule has 8 nitrogen and oxygen atoms in total. The molecule has 1 aromatic rings. The summed E-state index contributed by atoms with van der Waals surface area (Å²) in [6.07, 6.45) is 1.98. The average Bonchev–Trinajstić information content (AvgIpc) is 2.62. The number of hydrogen-bond acceptors (Lipinski definition) is 6. The van der Waals surface area contributed by atoms with Crippen molar-refractivity contribution >= 4 is 23.2 Å². The SMILES string of the molecule is NNc1ccc([N+](=O)[O-])cc1CN1C(=O)CCCCC1=O. The minimum atomic E-state index is -0.532. The summed E-state index contributed by atoms with van der Waals surface area (Å²) in [5.74, 6) is 4.86. The molecule has 1 saturated heterocycles. The number of nitro groups is 1. The number of nitrogen functional groups attached to an aromatic ring is 1. The number of nitrogens with one attached hydrogen (secondary N) is 1. The van der Waals surface area contributed by atoms with Crippen molar-refractivity contribution in [1.82, 2.24) is 4.90 Å². The number of carbonyl (C=O) groups is 2. The van der Waals surface area contributed by atoms with Crippen molar-refractivity contribution in [2.75, 3.05) is 5.43 Å². The Morgan fingerprint density at radius 1 is 1.24 bits per heavy atom. The number of nitro benzene ring substituents is 1. The molecule has 0 radical (unpaired) electrons. The molecule has 2 rings (SSSR count). The van der Waals surface area contributed by atoms with E-state index in [1.165, 1.54) is 18.2 Å². The zero-order valence-electron chi connectivity index (χ0n) is 11.4. The summed E-state index contributed by atoms with van der Waals surface area (Å²) in [5.41, 5.74) is 3.20. The van der Waals surface area contributed by atoms with Crippen LogP contribution >= 0.6 is 0 Å². The highest BCUT2D eigenvalue weighted by Crippen LogP contribution is 2.24. The maximum absolute atomic E-state index is 12.0. The van der Waals surface area contributed by atoms with Gasteiger partial charge in [-0.25, -0.2) is 0 Å². The Bertz CT molecular complexity index is 570. The van der Waals surface area contributed by atoms with E-state index in [1.807, 2.05) is 0 Å². The second-order valence-corrected chi connectivity index (χ2v) is 4.82. The van der Waals surface area contributed by atoms with E-state index >= 15 is 0 Å². The molecule has 8 heteroatoms. The molecule has 0 saturated carbocycles. The Balaban J connectivity index is 2.31. The van der Waals surface area contributed by atoms with Crippen LogP contribution in [-0.4, -0.2) is 21.6 Å². The lowest BCUT2D eigenvalue weighted by molar-refractivity contribution is -0.384. The van der Waals surface area contributed by atoms with E-state index in [9.17, 15) is 19.7 Å². The first-order valence-corrected chi connectivity index (χ1v) is 6.60. The number of nitrogens with zero attached hydrogens (tertiary/aromatic N) is 2. The number of likely N-dealkylation sites (tertiary alicyclic amines) is 1. The number of anilines is 1. The molecule has 0 bridgehead atoms. The van der Waals surface area contributed by atoms with Gasteiger partial charge in [0.05, 0.1) is 17.2 Å². The van der Waals surface area contributed by atoms with Crippen LogP contribution in [0.1, 0.15) is 31.2 Å². The standard InChI is InChI=1S/C13H16N4O4/c14-15-11-6-5-10(17(20)21)7-9(11)8-16-12(18)3-1-2-4-13(16)19/h5-7,15H,1-4,8,14H2. The molecule has 0 unspecified atom stereocenters. The highest BCUT2D eigenvalue weighted by molar-refractivity contribution is 5.96. The van der Waals surface area contributed by atoms with E-state index in [4.69, 9.17) is 5.84 Å². The summed E-state index contributed by atoms with van der Waals surface area (Å²) in [7, 11) is 0. The van der Waals surface area contributed by atoms with E-state index in [1.54, 1.807) is 0 Å². The molecule has 3 N–H and O–H groups in total. The van der Waals surface area contributed by atoms with Gasteiger partial charge in [-0.2, -0.15) is 0 Å². The van der Waals surface area contributed by atoms with Crippen LogP contribution in [0.5, 0.6) is 0 Å². The van der Waals surface area contributed by atoms with Gasteiger partial charge in [-0.1, -0.05) is 0 Å². The zero-order chi connectivity index (χ0) is 15.4. The van der Waals surface area contributed by atoms with Crippen LogP contribution in [0.15, 0.2) is 18.2 Å². The number of hydrazine groups is 1. The first kappa shape index (κ1) is 14.9. The molecule has 1 aliphatic heterocycles. The van der Waals surface area contributed by atoms with Gasteiger partial charge >= 0.3 is 0 Å². The van der Waals surface area contributed by atoms with E-state index in [0.717, 1.165) is 4.90 Å². The first-order valence-electron chi connectivity index (χ1n) is 6.60. The van der Waals surface area contributed by atoms with Gasteiger partial charge in [0, 0.05) is 30.5 Å². The number of non-ortho nitro benzene ring substituents is 1. The predicted molar refractivity (Wildman–Crippen MR) is 74.9 cm³/mol. The smallest absolute Gasteiger partial charge is 0.269 e. The molecule has 2 amide bonds. The van der Waals surface area contributed by atoms with Crippen LogP contribution < -0.4 is 11.3 Å². The van der Waals surface area contributed by atoms with Crippen molar-refractivity contribution < 1.29 is 14.5 Å². The van der Waals surface area contributed by atoms with Gasteiger partial charge in [-0.15, -0.1) is 0 Å². The number of carbonyl (C=O) groups excluding carboxylic acids is 2. The van der Waals surface area contributed by atoms with E-state index in [2.05, 4.69) is 5.43 Å². The molecule has 1 fully saturated rings. The second-order valence-electron chi connectivity index (χ2n) is 4.82. The summed E-state index contributed by atoms with van der Waals surface area (Å²) in [4.78, 5) is 35.4. The molecular formula is C13H16N4O4. The molecule has 1 heterocycles. The largest absolute Gasteiger partial charge is 0.324 e. The maximum Gasteiger partial charge on any atom is 0.269 e. The number of nitrogens with two attached hydrogens (primary N) is 1. The fraction of sp³-hybridized carbons (Fsp3) is 0.385. The van der Waals surface area contributed by atoms with Crippen LogP contribution in [0.3, 0.4) is 0 Å². The summed E-state index contributed by atoms with van der Waals surface area (Å²) in [5, 5.41) is 10.8. The van der Waals surface area contributed by atoms with Crippen LogP contribution in [0, 0.1) is 10.1 Å². The molecule has 0 atom stereocenters. The summed E-state index contributed by atoms with van der Waals surface area (Å²) in [6, 6.07) is 4.09. The fourth-order valence-electron chi connectivity index (χ4n) is 2.27. The second kappa shape index (κ2) is 6.31. The van der Waals surface area contributed by atoms with Crippen molar-refractivity contribution in [2.45, 2.75) is 32.2 Å². The van der Waals surface area contributed by atoms with E-state index in [0.29, 0.717) is 36.9 Å². The molecular weight excluding hydrogens is 276 g/mol. The number of imide groups is 1. The van der Waals surface area contributed by atoms with Crippen molar-refractivity contribution in [3.8, 4) is 0 Å². The fourth-order valence-corrected chi connectivity index (χ4v) is 2.27. The first-order chi connectivity index (χ1) is 10.0. The quantitative estimate of drug-likeness (QED) is 0.374. The third kappa shape index (κ3) is 3.34. The Labute approximate surface area is 121 Å². The summed E-state index contributed by atoms with van der Waals surface area (Å²) in [6.45, 7) is -0.0150. The third-order valence-corrected chi connectivity index (χ3v) is 3.42. The lowest BCUT2D eigenvalue weighted by Gasteiger charge is -2.20. The topological polar surface area (TPSA) is 119 Å². The Morgan fingerprint density at radius 2 is 1.86 bits per heavy atom. The minimum Gasteiger partial charge on any atom is -0.324 e. The summed E-state index contributed by atoms with van der Waals surface area (Å²) >= 11 is 0. The molecule has 1 aliphatic rings. The molecule has 21 heavy (non-hydrogen) atoms. The Kier molecular flexibility index (Phi) is 4.49. The Morgan fingerprint density at radius 3 is 2.38 bits per heavy atom. The van der Waals surface area contributed by atoms with Gasteiger partial charge in [0.15, 0.2) is 0 Å². The van der Waals surface area contributed by atoms with Gasteiger partial charge in [0.2, 0.25) is 11.8 Å². The molecule has 1 aromatic carbocycles. The van der Waals surface area contributed by atoms with E-state index < -0.39 is 4.92 Å². The number of rotatable bonds is 4. The third-order valence-electron chi connectivity index (χ3n) is 3.42. The highest BCUT2D eigenvalue weighted by Gasteiger charge is 2.25. The molecule has 112 valence electrons. The van der Waals surface area contributed by atoms with Crippen LogP contribution in [0.25, 0.3) is 0 Å². The van der Waals surface area contributed by atoms with Crippen molar-refractivity contribution in [3.63, 3.8) is 0 Å². The minimum absolute atomic E-state index is 0.0150. The van der Waals surface area contributed by atoms with Gasteiger partial charge < -0.3 is 5.43 Å². The zero-order valence-corrected chi connectivity index (χ0v) is 11.4. The lowest BCUT2D eigenvalue weighted by Crippen LogP contribution is -2.34. The number of hydrogen-bond donors (Lipinski definition) is 2. The molecule has 0 aliphatic carbocycles. The van der Waals surface area contributed by atoms with Gasteiger partial charge in [-0.3, -0.25) is 30.4 Å². The monoisotopic (exact) mass is 292 g/mol. The lowest BCUT2D eigenvalue weighted by atomic mass is 10.1. The van der Waals surface area contributed by atoms with Gasteiger partial charge in [-0.05, 0) is 18.9 Å². The number of benzene rings is 1. The predicted octanol–water partition coefficient (Wildman–Crippen LogP) is 1.31. The summed E-state index contributed by atoms with van der Waals surface area (Å²) < 4.78 is 0. The Hall–Kier alpha value is -2.48. The average molecular weight is 292 g/mol. The highest BCUT2D eigenvalue weighted by atomic mass is 16.6. The normalized spacial score (nSPS) is 15.8. The van der Waals surface area contributed by atoms with Crippen molar-refractivity contribution in [1.29, 1.82) is 0 Å². The van der Waals surface area contributed by atoms with Crippen molar-refractivity contribution in [3.05, 3.63) is 33.9 Å². The number of amides is 2. The van der Waals surface area contributed by atoms with Crippen LogP contribution in [-0.2, 0) is 16.1 Å². The maximum atomic E-state index is 12.0. The molecule has 0 spiro atoms. The van der Waals surface area contributed by atoms with Gasteiger partial charge in [0.25, 0.3) is 5.69 Å². The van der Waals surface area contributed by atoms with Crippen LogP contribution in [0.2, 0.25) is 0 Å². The van der Waals surface area contributed by atoms with Gasteiger partial charge in [0.1, 0.15) is 0 Å².